The SMILES string of the molecule is Cc1cccc(NC(=O)c2c(NC(=O)[C@H]3[C@H](C(=O)O)[C@H]4C=C[C@H]3C4)sc3c2CCCCC3)c1. The minimum absolute atomic E-state index is 0.0570. The van der Waals surface area contributed by atoms with E-state index in [-0.39, 0.29) is 23.7 Å². The zero-order chi connectivity index (χ0) is 23.1. The molecule has 33 heavy (non-hydrogen) atoms. The van der Waals surface area contributed by atoms with Crippen molar-refractivity contribution < 1.29 is 19.5 Å². The molecule has 2 bridgehead atoms. The average Bonchev–Trinajstić information content (AvgIpc) is 3.42. The molecule has 3 N–H and O–H groups in total. The molecule has 1 fully saturated rings. The first-order valence-electron chi connectivity index (χ1n) is 11.7. The van der Waals surface area contributed by atoms with Gasteiger partial charge in [-0.05, 0) is 74.1 Å². The first-order chi connectivity index (χ1) is 15.9. The number of carboxylic acid groups (broad SMARTS) is 1. The fraction of sp³-hybridized carbons (Fsp3) is 0.423. The molecule has 0 radical (unpaired) electrons. The van der Waals surface area contributed by atoms with E-state index >= 15 is 0 Å². The van der Waals surface area contributed by atoms with Gasteiger partial charge >= 0.3 is 5.97 Å². The number of allylic oxidation sites excluding steroid dienone is 2. The number of anilines is 2. The van der Waals surface area contributed by atoms with Crippen LogP contribution in [-0.4, -0.2) is 22.9 Å². The van der Waals surface area contributed by atoms with Crippen LogP contribution in [0.5, 0.6) is 0 Å². The van der Waals surface area contributed by atoms with E-state index in [9.17, 15) is 19.5 Å². The highest BCUT2D eigenvalue weighted by molar-refractivity contribution is 7.17. The highest BCUT2D eigenvalue weighted by Gasteiger charge is 2.51. The van der Waals surface area contributed by atoms with Gasteiger partial charge in [0, 0.05) is 10.6 Å². The maximum absolute atomic E-state index is 13.4. The van der Waals surface area contributed by atoms with E-state index in [4.69, 9.17) is 0 Å². The molecule has 0 spiro atoms. The number of amides is 2. The number of rotatable bonds is 5. The minimum Gasteiger partial charge on any atom is -0.481 e. The molecule has 5 rings (SSSR count). The maximum atomic E-state index is 13.4. The van der Waals surface area contributed by atoms with Gasteiger partial charge in [0.25, 0.3) is 5.91 Å². The molecule has 1 aromatic heterocycles. The Bertz CT molecular complexity index is 1150. The Balaban J connectivity index is 1.46. The molecule has 2 amide bonds. The summed E-state index contributed by atoms with van der Waals surface area (Å²) in [7, 11) is 0. The topological polar surface area (TPSA) is 95.5 Å². The molecule has 0 saturated heterocycles. The molecule has 172 valence electrons. The lowest BCUT2D eigenvalue weighted by Gasteiger charge is -2.23. The van der Waals surface area contributed by atoms with Crippen molar-refractivity contribution >= 4 is 39.8 Å². The van der Waals surface area contributed by atoms with Crippen molar-refractivity contribution in [2.75, 3.05) is 10.6 Å². The summed E-state index contributed by atoms with van der Waals surface area (Å²) in [5, 5.41) is 16.3. The molecule has 2 aromatic rings. The van der Waals surface area contributed by atoms with Gasteiger partial charge < -0.3 is 15.7 Å². The number of nitrogens with one attached hydrogen (secondary N) is 2. The number of aryl methyl sites for hydroxylation is 2. The third-order valence-corrected chi connectivity index (χ3v) is 8.42. The number of carbonyl (C=O) groups excluding carboxylic acids is 2. The van der Waals surface area contributed by atoms with Crippen LogP contribution in [0.4, 0.5) is 10.7 Å². The highest BCUT2D eigenvalue weighted by atomic mass is 32.1. The fourth-order valence-corrected chi connectivity index (χ4v) is 6.99. The van der Waals surface area contributed by atoms with Gasteiger partial charge in [-0.25, -0.2) is 0 Å². The molecule has 1 heterocycles. The Kier molecular flexibility index (Phi) is 5.83. The van der Waals surface area contributed by atoms with Gasteiger partial charge in [-0.3, -0.25) is 14.4 Å². The fourth-order valence-electron chi connectivity index (χ4n) is 5.70. The zero-order valence-electron chi connectivity index (χ0n) is 18.6. The van der Waals surface area contributed by atoms with Gasteiger partial charge in [-0.15, -0.1) is 11.3 Å². The van der Waals surface area contributed by atoms with E-state index in [1.54, 1.807) is 0 Å². The van der Waals surface area contributed by atoms with Crippen LogP contribution in [0.3, 0.4) is 0 Å². The van der Waals surface area contributed by atoms with Gasteiger partial charge in [-0.2, -0.15) is 0 Å². The number of carboxylic acids is 1. The lowest BCUT2D eigenvalue weighted by atomic mass is 9.82. The summed E-state index contributed by atoms with van der Waals surface area (Å²) in [6.07, 6.45) is 9.53. The third-order valence-electron chi connectivity index (χ3n) is 7.21. The van der Waals surface area contributed by atoms with Crippen molar-refractivity contribution in [1.29, 1.82) is 0 Å². The largest absolute Gasteiger partial charge is 0.481 e. The molecule has 3 aliphatic carbocycles. The maximum Gasteiger partial charge on any atom is 0.307 e. The summed E-state index contributed by atoms with van der Waals surface area (Å²) in [4.78, 5) is 39.8. The Morgan fingerprint density at radius 2 is 1.76 bits per heavy atom. The third kappa shape index (κ3) is 4.10. The Hall–Kier alpha value is -2.93. The zero-order valence-corrected chi connectivity index (χ0v) is 19.4. The smallest absolute Gasteiger partial charge is 0.307 e. The molecule has 4 atom stereocenters. The number of hydrogen-bond acceptors (Lipinski definition) is 4. The van der Waals surface area contributed by atoms with Crippen LogP contribution in [0.25, 0.3) is 0 Å². The lowest BCUT2D eigenvalue weighted by molar-refractivity contribution is -0.146. The predicted octanol–water partition coefficient (Wildman–Crippen LogP) is 5.04. The van der Waals surface area contributed by atoms with Gasteiger partial charge in [0.15, 0.2) is 0 Å². The molecular weight excluding hydrogens is 436 g/mol. The number of carbonyl (C=O) groups is 3. The molecule has 1 saturated carbocycles. The van der Waals surface area contributed by atoms with Gasteiger partial charge in [0.2, 0.25) is 5.91 Å². The quantitative estimate of drug-likeness (QED) is 0.427. The standard InChI is InChI=1S/C26H28N2O4S/c1-14-6-5-7-17(12-14)27-24(30)22-18-8-3-2-4-9-19(18)33-25(22)28-23(29)20-15-10-11-16(13-15)21(20)26(31)32/h5-7,10-12,15-16,20-21H,2-4,8-9,13H2,1H3,(H,27,30)(H,28,29)(H,31,32)/t15-,16-,20+,21+/m0/s1. The Morgan fingerprint density at radius 1 is 1.00 bits per heavy atom. The van der Waals surface area contributed by atoms with Crippen LogP contribution in [0.1, 0.15) is 52.0 Å². The van der Waals surface area contributed by atoms with Crippen molar-refractivity contribution in [3.8, 4) is 0 Å². The first-order valence-corrected chi connectivity index (χ1v) is 12.5. The van der Waals surface area contributed by atoms with Crippen molar-refractivity contribution in [3.05, 3.63) is 58.0 Å². The van der Waals surface area contributed by atoms with Crippen LogP contribution in [0, 0.1) is 30.6 Å². The van der Waals surface area contributed by atoms with Crippen LogP contribution in [0.15, 0.2) is 36.4 Å². The number of fused-ring (bicyclic) bond motifs is 3. The van der Waals surface area contributed by atoms with Crippen molar-refractivity contribution in [2.45, 2.75) is 45.4 Å². The Morgan fingerprint density at radius 3 is 2.52 bits per heavy atom. The van der Waals surface area contributed by atoms with E-state index in [0.717, 1.165) is 53.8 Å². The number of thiophene rings is 1. The van der Waals surface area contributed by atoms with Crippen LogP contribution in [0.2, 0.25) is 0 Å². The number of aliphatic carboxylic acids is 1. The molecule has 3 aliphatic rings. The molecule has 0 aliphatic heterocycles. The molecule has 6 nitrogen and oxygen atoms in total. The Labute approximate surface area is 197 Å². The second kappa shape index (κ2) is 8.78. The van der Waals surface area contributed by atoms with Crippen LogP contribution in [-0.2, 0) is 22.4 Å². The molecular formula is C26H28N2O4S. The predicted molar refractivity (Wildman–Crippen MR) is 129 cm³/mol. The second-order valence-corrected chi connectivity index (χ2v) is 10.5. The van der Waals surface area contributed by atoms with Gasteiger partial charge in [-0.1, -0.05) is 30.7 Å². The molecule has 0 unspecified atom stereocenters. The van der Waals surface area contributed by atoms with Crippen LogP contribution < -0.4 is 10.6 Å². The van der Waals surface area contributed by atoms with Gasteiger partial charge in [0.1, 0.15) is 5.00 Å². The van der Waals surface area contributed by atoms with E-state index < -0.39 is 17.8 Å². The summed E-state index contributed by atoms with van der Waals surface area (Å²) >= 11 is 1.48. The lowest BCUT2D eigenvalue weighted by Crippen LogP contribution is -2.36. The van der Waals surface area contributed by atoms with E-state index in [1.807, 2.05) is 43.3 Å². The van der Waals surface area contributed by atoms with E-state index in [0.29, 0.717) is 17.0 Å². The summed E-state index contributed by atoms with van der Waals surface area (Å²) < 4.78 is 0. The van der Waals surface area contributed by atoms with Crippen molar-refractivity contribution in [3.63, 3.8) is 0 Å². The van der Waals surface area contributed by atoms with Gasteiger partial charge in [0.05, 0.1) is 17.4 Å². The normalized spacial score (nSPS) is 25.4. The number of hydrogen-bond donors (Lipinski definition) is 3. The average molecular weight is 465 g/mol. The summed E-state index contributed by atoms with van der Waals surface area (Å²) in [6.45, 7) is 1.97. The summed E-state index contributed by atoms with van der Waals surface area (Å²) in [5.41, 5.74) is 3.34. The molecule has 7 heteroatoms. The molecule has 1 aromatic carbocycles. The highest BCUT2D eigenvalue weighted by Crippen LogP contribution is 2.49. The van der Waals surface area contributed by atoms with Crippen molar-refractivity contribution in [2.24, 2.45) is 23.7 Å². The van der Waals surface area contributed by atoms with E-state index in [2.05, 4.69) is 10.6 Å². The van der Waals surface area contributed by atoms with Crippen molar-refractivity contribution in [1.82, 2.24) is 0 Å². The second-order valence-electron chi connectivity index (χ2n) is 9.42. The monoisotopic (exact) mass is 464 g/mol. The minimum atomic E-state index is -0.925. The summed E-state index contributed by atoms with van der Waals surface area (Å²) in [6, 6.07) is 7.64. The van der Waals surface area contributed by atoms with E-state index in [1.165, 1.54) is 11.3 Å². The summed E-state index contributed by atoms with van der Waals surface area (Å²) in [5.74, 6) is -2.90. The van der Waals surface area contributed by atoms with Crippen LogP contribution >= 0.6 is 11.3 Å². The first kappa shape index (κ1) is 21.9. The number of benzene rings is 1.